The molecule has 1 unspecified atom stereocenters. The molecule has 1 aliphatic heterocycles. The normalized spacial score (nSPS) is 18.8. The predicted octanol–water partition coefficient (Wildman–Crippen LogP) is 2.12. The zero-order valence-electron chi connectivity index (χ0n) is 13.6. The van der Waals surface area contributed by atoms with Gasteiger partial charge in [-0.25, -0.2) is 0 Å². The van der Waals surface area contributed by atoms with E-state index in [9.17, 15) is 9.59 Å². The van der Waals surface area contributed by atoms with Crippen LogP contribution in [0.2, 0.25) is 5.02 Å². The van der Waals surface area contributed by atoms with Crippen molar-refractivity contribution in [1.82, 2.24) is 15.5 Å². The monoisotopic (exact) mass is 337 g/mol. The molecule has 126 valence electrons. The Morgan fingerprint density at radius 2 is 2.09 bits per heavy atom. The van der Waals surface area contributed by atoms with Gasteiger partial charge < -0.3 is 10.6 Å². The second kappa shape index (κ2) is 8.31. The molecule has 6 heteroatoms. The van der Waals surface area contributed by atoms with Gasteiger partial charge >= 0.3 is 0 Å². The maximum atomic E-state index is 12.2. The molecule has 2 rings (SSSR count). The highest BCUT2D eigenvalue weighted by atomic mass is 35.5. The molecule has 23 heavy (non-hydrogen) atoms. The molecule has 2 N–H and O–H groups in total. The van der Waals surface area contributed by atoms with Crippen LogP contribution in [0.3, 0.4) is 0 Å². The van der Waals surface area contributed by atoms with Crippen molar-refractivity contribution in [1.29, 1.82) is 0 Å². The number of halogens is 1. The Morgan fingerprint density at radius 1 is 1.39 bits per heavy atom. The van der Waals surface area contributed by atoms with Gasteiger partial charge in [0.2, 0.25) is 11.8 Å². The molecule has 2 atom stereocenters. The molecule has 1 aromatic carbocycles. The number of nitrogens with zero attached hydrogens (tertiary/aromatic N) is 1. The van der Waals surface area contributed by atoms with E-state index in [1.54, 1.807) is 0 Å². The van der Waals surface area contributed by atoms with Crippen LogP contribution >= 0.6 is 11.6 Å². The number of carbonyl (C=O) groups is 2. The molecular formula is C17H24ClN3O2. The minimum atomic E-state index is -0.411. The zero-order valence-corrected chi connectivity index (χ0v) is 14.4. The molecule has 1 fully saturated rings. The second-order valence-electron chi connectivity index (χ2n) is 5.66. The number of benzene rings is 1. The van der Waals surface area contributed by atoms with Crippen LogP contribution in [0.25, 0.3) is 0 Å². The number of hydrogen-bond donors (Lipinski definition) is 2. The van der Waals surface area contributed by atoms with Crippen molar-refractivity contribution in [2.75, 3.05) is 19.6 Å². The minimum Gasteiger partial charge on any atom is -0.352 e. The van der Waals surface area contributed by atoms with E-state index in [2.05, 4.69) is 29.4 Å². The highest BCUT2D eigenvalue weighted by Crippen LogP contribution is 2.27. The molecule has 1 saturated heterocycles. The predicted molar refractivity (Wildman–Crippen MR) is 91.3 cm³/mol. The third-order valence-corrected chi connectivity index (χ3v) is 4.64. The van der Waals surface area contributed by atoms with Crippen LogP contribution in [-0.4, -0.2) is 42.4 Å². The molecule has 5 nitrogen and oxygen atoms in total. The molecule has 2 amide bonds. The number of likely N-dealkylation sites (N-methyl/N-ethyl adjacent to an activating group) is 1. The molecule has 0 saturated carbocycles. The number of hydrogen-bond acceptors (Lipinski definition) is 3. The Morgan fingerprint density at radius 3 is 2.65 bits per heavy atom. The lowest BCUT2D eigenvalue weighted by Crippen LogP contribution is -2.45. The van der Waals surface area contributed by atoms with E-state index < -0.39 is 6.04 Å². The third-order valence-electron chi connectivity index (χ3n) is 4.30. The van der Waals surface area contributed by atoms with Gasteiger partial charge in [-0.15, -0.1) is 0 Å². The van der Waals surface area contributed by atoms with Crippen LogP contribution in [0.5, 0.6) is 0 Å². The average Bonchev–Trinajstić information content (AvgIpc) is 2.98. The fourth-order valence-corrected chi connectivity index (χ4v) is 3.24. The summed E-state index contributed by atoms with van der Waals surface area (Å²) in [4.78, 5) is 25.7. The van der Waals surface area contributed by atoms with Gasteiger partial charge in [-0.05, 0) is 31.1 Å². The van der Waals surface area contributed by atoms with E-state index in [1.165, 1.54) is 0 Å². The summed E-state index contributed by atoms with van der Waals surface area (Å²) in [5, 5.41) is 6.36. The van der Waals surface area contributed by atoms with E-state index in [0.29, 0.717) is 24.4 Å². The first-order valence-corrected chi connectivity index (χ1v) is 8.50. The van der Waals surface area contributed by atoms with Gasteiger partial charge in [0.25, 0.3) is 0 Å². The van der Waals surface area contributed by atoms with Crippen LogP contribution < -0.4 is 10.6 Å². The summed E-state index contributed by atoms with van der Waals surface area (Å²) in [5.41, 5.74) is 1.01. The molecule has 0 bridgehead atoms. The fraction of sp³-hybridized carbons (Fsp3) is 0.529. The van der Waals surface area contributed by atoms with Crippen LogP contribution in [0.4, 0.5) is 0 Å². The highest BCUT2D eigenvalue weighted by molar-refractivity contribution is 6.31. The van der Waals surface area contributed by atoms with E-state index in [0.717, 1.165) is 18.7 Å². The van der Waals surface area contributed by atoms with Gasteiger partial charge in [-0.3, -0.25) is 14.5 Å². The van der Waals surface area contributed by atoms with Crippen molar-refractivity contribution in [3.05, 3.63) is 34.9 Å². The summed E-state index contributed by atoms with van der Waals surface area (Å²) in [6, 6.07) is 7.32. The van der Waals surface area contributed by atoms with Gasteiger partial charge in [-0.1, -0.05) is 43.6 Å². The summed E-state index contributed by atoms with van der Waals surface area (Å²) in [7, 11) is 0. The van der Waals surface area contributed by atoms with Crippen LogP contribution in [0, 0.1) is 0 Å². The highest BCUT2D eigenvalue weighted by Gasteiger charge is 2.28. The maximum Gasteiger partial charge on any atom is 0.242 e. The standard InChI is InChI=1S/C17H24ClN3O2/c1-3-21(4-2)15(12-7-5-6-8-13(12)18)11-19-17(23)14-9-10-16(22)20-14/h5-8,14-15H,3-4,9-11H2,1-2H3,(H,19,23)(H,20,22)/t14-,15?/m0/s1. The van der Waals surface area contributed by atoms with Crippen molar-refractivity contribution >= 4 is 23.4 Å². The quantitative estimate of drug-likeness (QED) is 0.801. The Bertz CT molecular complexity index is 561. The lowest BCUT2D eigenvalue weighted by Gasteiger charge is -2.31. The van der Waals surface area contributed by atoms with E-state index in [1.807, 2.05) is 24.3 Å². The minimum absolute atomic E-state index is 0.0137. The topological polar surface area (TPSA) is 61.4 Å². The molecule has 0 radical (unpaired) electrons. The first-order chi connectivity index (χ1) is 11.1. The SMILES string of the molecule is CCN(CC)C(CNC(=O)[C@@H]1CCC(=O)N1)c1ccccc1Cl. The van der Waals surface area contributed by atoms with Gasteiger partial charge in [0.05, 0.1) is 6.04 Å². The molecule has 0 aromatic heterocycles. The smallest absolute Gasteiger partial charge is 0.242 e. The second-order valence-corrected chi connectivity index (χ2v) is 6.07. The molecule has 1 aliphatic rings. The summed E-state index contributed by atoms with van der Waals surface area (Å²) in [5.74, 6) is -0.184. The number of amides is 2. The van der Waals surface area contributed by atoms with E-state index in [4.69, 9.17) is 11.6 Å². The molecule has 0 aliphatic carbocycles. The van der Waals surface area contributed by atoms with Crippen molar-refractivity contribution in [2.24, 2.45) is 0 Å². The van der Waals surface area contributed by atoms with Crippen molar-refractivity contribution in [3.8, 4) is 0 Å². The van der Waals surface area contributed by atoms with Gasteiger partial charge in [-0.2, -0.15) is 0 Å². The number of rotatable bonds is 7. The fourth-order valence-electron chi connectivity index (χ4n) is 2.98. The van der Waals surface area contributed by atoms with Crippen molar-refractivity contribution < 1.29 is 9.59 Å². The summed E-state index contributed by atoms with van der Waals surface area (Å²) >= 11 is 6.34. The first kappa shape index (κ1) is 17.8. The summed E-state index contributed by atoms with van der Waals surface area (Å²) in [6.45, 7) is 6.38. The Balaban J connectivity index is 2.07. The van der Waals surface area contributed by atoms with Gasteiger partial charge in [0.1, 0.15) is 6.04 Å². The van der Waals surface area contributed by atoms with Gasteiger partial charge in [0.15, 0.2) is 0 Å². The van der Waals surface area contributed by atoms with Crippen molar-refractivity contribution in [3.63, 3.8) is 0 Å². The molecule has 1 heterocycles. The zero-order chi connectivity index (χ0) is 16.8. The number of carbonyl (C=O) groups excluding carboxylic acids is 2. The van der Waals surface area contributed by atoms with E-state index >= 15 is 0 Å². The lowest BCUT2D eigenvalue weighted by atomic mass is 10.0. The maximum absolute atomic E-state index is 12.2. The lowest BCUT2D eigenvalue weighted by molar-refractivity contribution is -0.125. The van der Waals surface area contributed by atoms with Crippen LogP contribution in [-0.2, 0) is 9.59 Å². The molecule has 0 spiro atoms. The third kappa shape index (κ3) is 4.45. The largest absolute Gasteiger partial charge is 0.352 e. The van der Waals surface area contributed by atoms with Crippen LogP contribution in [0.15, 0.2) is 24.3 Å². The van der Waals surface area contributed by atoms with E-state index in [-0.39, 0.29) is 17.9 Å². The Hall–Kier alpha value is -1.59. The van der Waals surface area contributed by atoms with Crippen LogP contribution in [0.1, 0.15) is 38.3 Å². The Labute approximate surface area is 142 Å². The molecular weight excluding hydrogens is 314 g/mol. The Kier molecular flexibility index (Phi) is 6.42. The summed E-state index contributed by atoms with van der Waals surface area (Å²) in [6.07, 6.45) is 0.981. The number of nitrogens with one attached hydrogen (secondary N) is 2. The van der Waals surface area contributed by atoms with Crippen molar-refractivity contribution in [2.45, 2.75) is 38.8 Å². The first-order valence-electron chi connectivity index (χ1n) is 8.12. The van der Waals surface area contributed by atoms with Gasteiger partial charge in [0, 0.05) is 18.0 Å². The summed E-state index contributed by atoms with van der Waals surface area (Å²) < 4.78 is 0. The average molecular weight is 338 g/mol. The molecule has 1 aromatic rings.